The van der Waals surface area contributed by atoms with Gasteiger partial charge in [0.1, 0.15) is 0 Å². The first-order chi connectivity index (χ1) is 14.0. The summed E-state index contributed by atoms with van der Waals surface area (Å²) >= 11 is 5.97. The topological polar surface area (TPSA) is 43.9 Å². The van der Waals surface area contributed by atoms with Crippen molar-refractivity contribution in [1.29, 1.82) is 0 Å². The van der Waals surface area contributed by atoms with Crippen LogP contribution in [0, 0.1) is 0 Å². The predicted octanol–water partition coefficient (Wildman–Crippen LogP) is 3.95. The fourth-order valence-electron chi connectivity index (χ4n) is 4.07. The standard InChI is InChI=1S/C23H24ClN3O2/c1-17(28)27-11-10-18-4-2-3-5-21(18)22(27)16-23(29)26-14-12-25(13-15-26)20-8-6-19(24)7-9-20/h2-11,22H,12-16H2,1H3. The van der Waals surface area contributed by atoms with Gasteiger partial charge in [-0.25, -0.2) is 0 Å². The number of carbonyl (C=O) groups is 2. The highest BCUT2D eigenvalue weighted by Crippen LogP contribution is 2.33. The van der Waals surface area contributed by atoms with Gasteiger partial charge in [0.15, 0.2) is 0 Å². The third-order valence-corrected chi connectivity index (χ3v) is 5.91. The molecule has 0 N–H and O–H groups in total. The van der Waals surface area contributed by atoms with Gasteiger partial charge in [-0.05, 0) is 41.5 Å². The van der Waals surface area contributed by atoms with E-state index in [1.54, 1.807) is 18.0 Å². The van der Waals surface area contributed by atoms with E-state index in [0.29, 0.717) is 19.5 Å². The fourth-order valence-corrected chi connectivity index (χ4v) is 4.20. The lowest BCUT2D eigenvalue weighted by molar-refractivity contribution is -0.134. The average molecular weight is 410 g/mol. The Bertz CT molecular complexity index is 933. The molecular formula is C23H24ClN3O2. The first-order valence-electron chi connectivity index (χ1n) is 9.87. The number of halogens is 1. The molecule has 1 atom stereocenters. The number of piperazine rings is 1. The lowest BCUT2D eigenvalue weighted by Gasteiger charge is -2.38. The first-order valence-corrected chi connectivity index (χ1v) is 10.2. The Balaban J connectivity index is 1.43. The summed E-state index contributed by atoms with van der Waals surface area (Å²) in [6.07, 6.45) is 4.02. The molecular weight excluding hydrogens is 386 g/mol. The van der Waals surface area contributed by atoms with Gasteiger partial charge in [0.25, 0.3) is 0 Å². The molecule has 2 aliphatic heterocycles. The second kappa shape index (κ2) is 8.29. The molecule has 0 saturated carbocycles. The minimum absolute atomic E-state index is 0.0545. The molecule has 29 heavy (non-hydrogen) atoms. The number of hydrogen-bond donors (Lipinski definition) is 0. The molecule has 6 heteroatoms. The van der Waals surface area contributed by atoms with Crippen LogP contribution in [0.2, 0.25) is 5.02 Å². The number of nitrogens with zero attached hydrogens (tertiary/aromatic N) is 3. The molecule has 2 heterocycles. The molecule has 2 aromatic carbocycles. The van der Waals surface area contributed by atoms with Gasteiger partial charge in [-0.2, -0.15) is 0 Å². The van der Waals surface area contributed by atoms with Gasteiger partial charge in [-0.3, -0.25) is 9.59 Å². The number of carbonyl (C=O) groups excluding carboxylic acids is 2. The van der Waals surface area contributed by atoms with Crippen LogP contribution in [0.1, 0.15) is 30.5 Å². The number of amides is 2. The maximum Gasteiger partial charge on any atom is 0.225 e. The summed E-state index contributed by atoms with van der Waals surface area (Å²) in [4.78, 5) is 31.0. The van der Waals surface area contributed by atoms with Crippen LogP contribution in [0.4, 0.5) is 5.69 Å². The summed E-state index contributed by atoms with van der Waals surface area (Å²) in [6, 6.07) is 15.5. The summed E-state index contributed by atoms with van der Waals surface area (Å²) < 4.78 is 0. The van der Waals surface area contributed by atoms with Crippen molar-refractivity contribution in [2.75, 3.05) is 31.1 Å². The SMILES string of the molecule is CC(=O)N1C=Cc2ccccc2C1CC(=O)N1CCN(c2ccc(Cl)cc2)CC1. The second-order valence-corrected chi connectivity index (χ2v) is 7.87. The van der Waals surface area contributed by atoms with Crippen molar-refractivity contribution >= 4 is 35.2 Å². The van der Waals surface area contributed by atoms with E-state index < -0.39 is 0 Å². The van der Waals surface area contributed by atoms with E-state index in [0.717, 1.165) is 34.9 Å². The van der Waals surface area contributed by atoms with Gasteiger partial charge in [0.05, 0.1) is 12.5 Å². The molecule has 2 aliphatic rings. The molecule has 4 rings (SSSR count). The molecule has 1 unspecified atom stereocenters. The lowest BCUT2D eigenvalue weighted by Crippen LogP contribution is -2.49. The average Bonchev–Trinajstić information content (AvgIpc) is 2.74. The van der Waals surface area contributed by atoms with Gasteiger partial charge in [0, 0.05) is 50.0 Å². The Kier molecular flexibility index (Phi) is 5.58. The number of rotatable bonds is 3. The van der Waals surface area contributed by atoms with Crippen molar-refractivity contribution < 1.29 is 9.59 Å². The Morgan fingerprint density at radius 1 is 1.00 bits per heavy atom. The van der Waals surface area contributed by atoms with Gasteiger partial charge >= 0.3 is 0 Å². The Labute approximate surface area is 176 Å². The summed E-state index contributed by atoms with van der Waals surface area (Å²) in [5.41, 5.74) is 3.21. The highest BCUT2D eigenvalue weighted by atomic mass is 35.5. The summed E-state index contributed by atoms with van der Waals surface area (Å²) in [6.45, 7) is 4.45. The zero-order chi connectivity index (χ0) is 20.4. The van der Waals surface area contributed by atoms with E-state index in [1.807, 2.05) is 59.5 Å². The van der Waals surface area contributed by atoms with E-state index >= 15 is 0 Å². The molecule has 5 nitrogen and oxygen atoms in total. The van der Waals surface area contributed by atoms with Crippen LogP contribution in [-0.2, 0) is 9.59 Å². The minimum atomic E-state index is -0.254. The first kappa shape index (κ1) is 19.5. The lowest BCUT2D eigenvalue weighted by atomic mass is 9.93. The van der Waals surface area contributed by atoms with Crippen LogP contribution >= 0.6 is 11.6 Å². The predicted molar refractivity (Wildman–Crippen MR) is 116 cm³/mol. The Morgan fingerprint density at radius 3 is 2.38 bits per heavy atom. The van der Waals surface area contributed by atoms with Crippen LogP contribution in [0.5, 0.6) is 0 Å². The molecule has 2 amide bonds. The number of anilines is 1. The van der Waals surface area contributed by atoms with Crippen molar-refractivity contribution in [3.05, 3.63) is 70.9 Å². The number of hydrogen-bond acceptors (Lipinski definition) is 3. The molecule has 150 valence electrons. The molecule has 0 bridgehead atoms. The van der Waals surface area contributed by atoms with E-state index in [4.69, 9.17) is 11.6 Å². The quantitative estimate of drug-likeness (QED) is 0.770. The van der Waals surface area contributed by atoms with E-state index in [2.05, 4.69) is 4.90 Å². The van der Waals surface area contributed by atoms with Crippen molar-refractivity contribution in [3.63, 3.8) is 0 Å². The Morgan fingerprint density at radius 2 is 1.69 bits per heavy atom. The summed E-state index contributed by atoms with van der Waals surface area (Å²) in [5.74, 6) is 0.0308. The zero-order valence-electron chi connectivity index (χ0n) is 16.4. The van der Waals surface area contributed by atoms with Gasteiger partial charge < -0.3 is 14.7 Å². The second-order valence-electron chi connectivity index (χ2n) is 7.44. The van der Waals surface area contributed by atoms with Crippen molar-refractivity contribution in [3.8, 4) is 0 Å². The molecule has 0 aliphatic carbocycles. The maximum absolute atomic E-state index is 13.1. The summed E-state index contributed by atoms with van der Waals surface area (Å²) in [5, 5.41) is 0.722. The van der Waals surface area contributed by atoms with Crippen LogP contribution in [0.3, 0.4) is 0 Å². The van der Waals surface area contributed by atoms with Gasteiger partial charge in [0.2, 0.25) is 11.8 Å². The van der Waals surface area contributed by atoms with Crippen LogP contribution < -0.4 is 4.90 Å². The highest BCUT2D eigenvalue weighted by molar-refractivity contribution is 6.30. The van der Waals surface area contributed by atoms with Crippen LogP contribution in [0.15, 0.2) is 54.7 Å². The Hall–Kier alpha value is -2.79. The maximum atomic E-state index is 13.1. The molecule has 0 aromatic heterocycles. The third kappa shape index (κ3) is 4.15. The molecule has 1 saturated heterocycles. The van der Waals surface area contributed by atoms with Crippen molar-refractivity contribution in [1.82, 2.24) is 9.80 Å². The van der Waals surface area contributed by atoms with Crippen LogP contribution in [-0.4, -0.2) is 47.8 Å². The zero-order valence-corrected chi connectivity index (χ0v) is 17.2. The van der Waals surface area contributed by atoms with Gasteiger partial charge in [-0.15, -0.1) is 0 Å². The smallest absolute Gasteiger partial charge is 0.225 e. The fraction of sp³-hybridized carbons (Fsp3) is 0.304. The highest BCUT2D eigenvalue weighted by Gasteiger charge is 2.31. The van der Waals surface area contributed by atoms with Crippen molar-refractivity contribution in [2.45, 2.75) is 19.4 Å². The third-order valence-electron chi connectivity index (χ3n) is 5.66. The molecule has 0 radical (unpaired) electrons. The number of benzene rings is 2. The van der Waals surface area contributed by atoms with E-state index in [-0.39, 0.29) is 17.9 Å². The monoisotopic (exact) mass is 409 g/mol. The van der Waals surface area contributed by atoms with Crippen LogP contribution in [0.25, 0.3) is 6.08 Å². The largest absolute Gasteiger partial charge is 0.368 e. The van der Waals surface area contributed by atoms with Crippen molar-refractivity contribution in [2.24, 2.45) is 0 Å². The summed E-state index contributed by atoms with van der Waals surface area (Å²) in [7, 11) is 0. The molecule has 1 fully saturated rings. The van der Waals surface area contributed by atoms with E-state index in [9.17, 15) is 9.59 Å². The van der Waals surface area contributed by atoms with E-state index in [1.165, 1.54) is 0 Å². The van der Waals surface area contributed by atoms with Gasteiger partial charge in [-0.1, -0.05) is 35.9 Å². The molecule has 0 spiro atoms. The normalized spacial score (nSPS) is 18.6. The minimum Gasteiger partial charge on any atom is -0.368 e. The number of fused-ring (bicyclic) bond motifs is 1. The molecule has 2 aromatic rings.